The second-order valence-corrected chi connectivity index (χ2v) is 9.03. The second kappa shape index (κ2) is 9.58. The van der Waals surface area contributed by atoms with Gasteiger partial charge in [0.15, 0.2) is 5.13 Å². The molecule has 0 saturated carbocycles. The molecule has 32 heavy (non-hydrogen) atoms. The molecule has 1 saturated heterocycles. The third-order valence-corrected chi connectivity index (χ3v) is 6.47. The van der Waals surface area contributed by atoms with Crippen molar-refractivity contribution in [2.45, 2.75) is 33.6 Å². The van der Waals surface area contributed by atoms with Crippen LogP contribution in [0.3, 0.4) is 0 Å². The topological polar surface area (TPSA) is 116 Å². The van der Waals surface area contributed by atoms with E-state index in [1.807, 2.05) is 39.0 Å². The molecule has 0 bridgehead atoms. The Bertz CT molecular complexity index is 1090. The molecule has 3 heterocycles. The predicted octanol–water partition coefficient (Wildman–Crippen LogP) is 3.46. The monoisotopic (exact) mass is 453 g/mol. The van der Waals surface area contributed by atoms with Crippen molar-refractivity contribution in [1.82, 2.24) is 19.9 Å². The molecule has 0 unspecified atom stereocenters. The van der Waals surface area contributed by atoms with Crippen LogP contribution in [0.4, 0.5) is 22.7 Å². The van der Waals surface area contributed by atoms with Crippen LogP contribution in [0.15, 0.2) is 24.4 Å². The Morgan fingerprint density at radius 2 is 1.88 bits per heavy atom. The molecule has 0 radical (unpaired) electrons. The van der Waals surface area contributed by atoms with Gasteiger partial charge in [-0.3, -0.25) is 10.1 Å². The minimum absolute atomic E-state index is 0.202. The Labute approximate surface area is 191 Å². The van der Waals surface area contributed by atoms with Crippen molar-refractivity contribution in [3.63, 3.8) is 0 Å². The third-order valence-electron chi connectivity index (χ3n) is 5.56. The highest BCUT2D eigenvalue weighted by Crippen LogP contribution is 2.26. The summed E-state index contributed by atoms with van der Waals surface area (Å²) in [6.45, 7) is 7.58. The van der Waals surface area contributed by atoms with Crippen LogP contribution < -0.4 is 15.5 Å². The fraction of sp³-hybridized carbons (Fsp3) is 0.409. The first-order chi connectivity index (χ1) is 15.4. The molecule has 9 nitrogen and oxygen atoms in total. The van der Waals surface area contributed by atoms with E-state index in [0.29, 0.717) is 33.6 Å². The van der Waals surface area contributed by atoms with Crippen molar-refractivity contribution in [2.24, 2.45) is 5.92 Å². The highest BCUT2D eigenvalue weighted by molar-refractivity contribution is 7.17. The number of aromatic nitrogens is 4. The van der Waals surface area contributed by atoms with E-state index in [9.17, 15) is 9.90 Å². The molecule has 168 valence electrons. The number of carbonyl (C=O) groups is 1. The number of nitrogens with one attached hydrogen (secondary N) is 2. The van der Waals surface area contributed by atoms with Gasteiger partial charge in [0, 0.05) is 25.4 Å². The quantitative estimate of drug-likeness (QED) is 0.520. The van der Waals surface area contributed by atoms with Crippen molar-refractivity contribution in [3.05, 3.63) is 46.2 Å². The maximum atomic E-state index is 12.7. The first-order valence-corrected chi connectivity index (χ1v) is 11.4. The zero-order chi connectivity index (χ0) is 22.7. The minimum Gasteiger partial charge on any atom is -0.396 e. The second-order valence-electron chi connectivity index (χ2n) is 7.99. The number of nitrogens with zero attached hydrogens (tertiary/aromatic N) is 5. The van der Waals surface area contributed by atoms with Crippen molar-refractivity contribution in [3.8, 4) is 0 Å². The van der Waals surface area contributed by atoms with Crippen LogP contribution in [0, 0.1) is 26.7 Å². The number of aliphatic hydroxyl groups excluding tert-OH is 1. The smallest absolute Gasteiger partial charge is 0.267 e. The van der Waals surface area contributed by atoms with Gasteiger partial charge in [0.05, 0.1) is 6.20 Å². The van der Waals surface area contributed by atoms with Gasteiger partial charge in [0.1, 0.15) is 10.7 Å². The van der Waals surface area contributed by atoms with Crippen LogP contribution in [0.5, 0.6) is 0 Å². The van der Waals surface area contributed by atoms with Crippen LogP contribution in [-0.2, 0) is 0 Å². The van der Waals surface area contributed by atoms with E-state index in [1.165, 1.54) is 11.3 Å². The zero-order valence-electron chi connectivity index (χ0n) is 18.4. The Kier molecular flexibility index (Phi) is 6.61. The maximum Gasteiger partial charge on any atom is 0.267 e. The number of carbonyl (C=O) groups excluding carboxylic acids is 1. The lowest BCUT2D eigenvalue weighted by Crippen LogP contribution is -2.36. The standard InChI is InChI=1S/C22H27N7O2S/c1-13-5-4-6-14(2)18(13)26-19(31)17-11-23-22(32-17)28-20-24-15(3)25-21(27-20)29-9-7-16(12-30)8-10-29/h4-6,11,16,30H,7-10,12H2,1-3H3,(H,26,31)(H,23,24,25,27,28). The fourth-order valence-corrected chi connectivity index (χ4v) is 4.41. The molecule has 4 rings (SSSR count). The van der Waals surface area contributed by atoms with Gasteiger partial charge in [-0.15, -0.1) is 0 Å². The molecule has 0 atom stereocenters. The van der Waals surface area contributed by atoms with Gasteiger partial charge in [0.25, 0.3) is 5.91 Å². The molecule has 3 N–H and O–H groups in total. The van der Waals surface area contributed by atoms with E-state index in [1.54, 1.807) is 6.20 Å². The van der Waals surface area contributed by atoms with E-state index in [0.717, 1.165) is 42.7 Å². The van der Waals surface area contributed by atoms with Crippen molar-refractivity contribution in [2.75, 3.05) is 35.2 Å². The largest absolute Gasteiger partial charge is 0.396 e. The van der Waals surface area contributed by atoms with Crippen molar-refractivity contribution in [1.29, 1.82) is 0 Å². The molecule has 3 aromatic rings. The molecule has 2 aromatic heterocycles. The number of thiazole rings is 1. The number of hydrogen-bond acceptors (Lipinski definition) is 9. The highest BCUT2D eigenvalue weighted by Gasteiger charge is 2.21. The number of aliphatic hydroxyl groups is 1. The Hall–Kier alpha value is -3.11. The lowest BCUT2D eigenvalue weighted by Gasteiger charge is -2.31. The molecule has 1 fully saturated rings. The van der Waals surface area contributed by atoms with E-state index < -0.39 is 0 Å². The maximum absolute atomic E-state index is 12.7. The number of para-hydroxylation sites is 1. The van der Waals surface area contributed by atoms with E-state index in [2.05, 4.69) is 35.5 Å². The van der Waals surface area contributed by atoms with Crippen LogP contribution >= 0.6 is 11.3 Å². The van der Waals surface area contributed by atoms with Crippen LogP contribution in [0.2, 0.25) is 0 Å². The first kappa shape index (κ1) is 22.1. The minimum atomic E-state index is -0.202. The number of amides is 1. The molecule has 1 amide bonds. The summed E-state index contributed by atoms with van der Waals surface area (Å²) in [6, 6.07) is 5.90. The van der Waals surface area contributed by atoms with Gasteiger partial charge < -0.3 is 15.3 Å². The summed E-state index contributed by atoms with van der Waals surface area (Å²) in [4.78, 5) is 33.0. The SMILES string of the molecule is Cc1nc(Nc2ncc(C(=O)Nc3c(C)cccc3C)s2)nc(N2CCC(CO)CC2)n1. The average molecular weight is 454 g/mol. The molecule has 1 aliphatic heterocycles. The number of anilines is 4. The van der Waals surface area contributed by atoms with Gasteiger partial charge in [-0.25, -0.2) is 4.98 Å². The van der Waals surface area contributed by atoms with E-state index in [-0.39, 0.29) is 12.5 Å². The number of benzene rings is 1. The molecular weight excluding hydrogens is 426 g/mol. The molecule has 0 aliphatic carbocycles. The highest BCUT2D eigenvalue weighted by atomic mass is 32.1. The summed E-state index contributed by atoms with van der Waals surface area (Å²) in [5.74, 6) is 1.75. The van der Waals surface area contributed by atoms with Crippen molar-refractivity contribution < 1.29 is 9.90 Å². The molecule has 1 aliphatic rings. The van der Waals surface area contributed by atoms with Crippen molar-refractivity contribution >= 4 is 40.0 Å². The summed E-state index contributed by atoms with van der Waals surface area (Å²) in [7, 11) is 0. The van der Waals surface area contributed by atoms with Crippen LogP contribution in [0.25, 0.3) is 0 Å². The van der Waals surface area contributed by atoms with Gasteiger partial charge in [-0.2, -0.15) is 15.0 Å². The summed E-state index contributed by atoms with van der Waals surface area (Å²) in [5.41, 5.74) is 2.85. The predicted molar refractivity (Wildman–Crippen MR) is 126 cm³/mol. The first-order valence-electron chi connectivity index (χ1n) is 10.6. The Balaban J connectivity index is 1.45. The zero-order valence-corrected chi connectivity index (χ0v) is 19.2. The average Bonchev–Trinajstić information content (AvgIpc) is 3.24. The Morgan fingerprint density at radius 1 is 1.16 bits per heavy atom. The van der Waals surface area contributed by atoms with E-state index >= 15 is 0 Å². The van der Waals surface area contributed by atoms with Crippen LogP contribution in [0.1, 0.15) is 39.5 Å². The third kappa shape index (κ3) is 5.03. The number of hydrogen-bond donors (Lipinski definition) is 3. The molecule has 0 spiro atoms. The van der Waals surface area contributed by atoms with Gasteiger partial charge >= 0.3 is 0 Å². The molecular formula is C22H27N7O2S. The van der Waals surface area contributed by atoms with Gasteiger partial charge in [0.2, 0.25) is 11.9 Å². The number of rotatable bonds is 6. The fourth-order valence-electron chi connectivity index (χ4n) is 3.70. The van der Waals surface area contributed by atoms with E-state index in [4.69, 9.17) is 0 Å². The summed E-state index contributed by atoms with van der Waals surface area (Å²) in [5, 5.41) is 16.0. The number of piperidine rings is 1. The summed E-state index contributed by atoms with van der Waals surface area (Å²) in [6.07, 6.45) is 3.37. The lowest BCUT2D eigenvalue weighted by atomic mass is 9.98. The summed E-state index contributed by atoms with van der Waals surface area (Å²) < 4.78 is 0. The van der Waals surface area contributed by atoms with Gasteiger partial charge in [-0.1, -0.05) is 29.5 Å². The van der Waals surface area contributed by atoms with Gasteiger partial charge in [-0.05, 0) is 50.7 Å². The Morgan fingerprint density at radius 3 is 2.56 bits per heavy atom. The summed E-state index contributed by atoms with van der Waals surface area (Å²) >= 11 is 1.24. The lowest BCUT2D eigenvalue weighted by molar-refractivity contribution is 0.103. The molecule has 1 aromatic carbocycles. The number of aryl methyl sites for hydroxylation is 3. The normalized spacial score (nSPS) is 14.4. The van der Waals surface area contributed by atoms with Crippen LogP contribution in [-0.4, -0.2) is 50.6 Å². The molecule has 10 heteroatoms.